The molecule has 18 heavy (non-hydrogen) atoms. The van der Waals surface area contributed by atoms with Crippen molar-refractivity contribution in [1.29, 1.82) is 0 Å². The molecule has 1 aromatic carbocycles. The van der Waals surface area contributed by atoms with Gasteiger partial charge < -0.3 is 5.32 Å². The molecule has 94 valence electrons. The summed E-state index contributed by atoms with van der Waals surface area (Å²) in [6.45, 7) is 4.03. The lowest BCUT2D eigenvalue weighted by Crippen LogP contribution is -2.23. The Kier molecular flexibility index (Phi) is 4.05. The number of hydrogen-bond donors (Lipinski definition) is 1. The number of nitrogens with one attached hydrogen (secondary N) is 1. The zero-order valence-corrected chi connectivity index (χ0v) is 10.6. The van der Waals surface area contributed by atoms with Crippen molar-refractivity contribution in [2.45, 2.75) is 25.9 Å². The zero-order chi connectivity index (χ0) is 13.0. The maximum Gasteiger partial charge on any atom is 0.127 e. The van der Waals surface area contributed by atoms with Crippen LogP contribution in [0.4, 0.5) is 4.39 Å². The van der Waals surface area contributed by atoms with E-state index in [0.29, 0.717) is 5.56 Å². The van der Waals surface area contributed by atoms with Crippen LogP contribution in [-0.2, 0) is 0 Å². The van der Waals surface area contributed by atoms with Gasteiger partial charge in [-0.15, -0.1) is 0 Å². The molecule has 2 nitrogen and oxygen atoms in total. The van der Waals surface area contributed by atoms with Gasteiger partial charge in [-0.1, -0.05) is 18.2 Å². The molecule has 1 heterocycles. The summed E-state index contributed by atoms with van der Waals surface area (Å²) in [6.07, 6.45) is 3.53. The van der Waals surface area contributed by atoms with Gasteiger partial charge in [0.05, 0.1) is 0 Å². The summed E-state index contributed by atoms with van der Waals surface area (Å²) in [5.74, 6) is -0.167. The van der Waals surface area contributed by atoms with Gasteiger partial charge in [0.1, 0.15) is 5.82 Å². The van der Waals surface area contributed by atoms with Gasteiger partial charge in [0.2, 0.25) is 0 Å². The van der Waals surface area contributed by atoms with Crippen molar-refractivity contribution >= 4 is 0 Å². The van der Waals surface area contributed by atoms with Crippen molar-refractivity contribution in [3.8, 4) is 0 Å². The van der Waals surface area contributed by atoms with Gasteiger partial charge in [-0.2, -0.15) is 0 Å². The molecule has 0 amide bonds. The van der Waals surface area contributed by atoms with Crippen LogP contribution in [0.2, 0.25) is 0 Å². The molecule has 0 aliphatic carbocycles. The minimum absolute atomic E-state index is 0.0330. The highest BCUT2D eigenvalue weighted by molar-refractivity contribution is 5.22. The Morgan fingerprint density at radius 2 is 1.67 bits per heavy atom. The first-order valence-electron chi connectivity index (χ1n) is 6.09. The Morgan fingerprint density at radius 1 is 1.00 bits per heavy atom. The van der Waals surface area contributed by atoms with Gasteiger partial charge in [0, 0.05) is 30.0 Å². The fourth-order valence-electron chi connectivity index (χ4n) is 2.04. The van der Waals surface area contributed by atoms with Gasteiger partial charge in [-0.05, 0) is 37.6 Å². The lowest BCUT2D eigenvalue weighted by Gasteiger charge is -2.21. The maximum absolute atomic E-state index is 13.6. The van der Waals surface area contributed by atoms with Crippen LogP contribution in [-0.4, -0.2) is 4.98 Å². The quantitative estimate of drug-likeness (QED) is 0.888. The van der Waals surface area contributed by atoms with Crippen molar-refractivity contribution in [2.75, 3.05) is 0 Å². The molecule has 2 aromatic rings. The van der Waals surface area contributed by atoms with Crippen LogP contribution < -0.4 is 5.32 Å². The van der Waals surface area contributed by atoms with E-state index in [1.54, 1.807) is 18.5 Å². The minimum atomic E-state index is -0.167. The third-order valence-corrected chi connectivity index (χ3v) is 3.08. The Balaban J connectivity index is 2.08. The van der Waals surface area contributed by atoms with E-state index in [2.05, 4.69) is 17.2 Å². The van der Waals surface area contributed by atoms with Crippen molar-refractivity contribution in [3.63, 3.8) is 0 Å². The monoisotopic (exact) mass is 244 g/mol. The lowest BCUT2D eigenvalue weighted by molar-refractivity contribution is 0.474. The second-order valence-electron chi connectivity index (χ2n) is 4.41. The molecule has 0 spiro atoms. The molecule has 3 heteroatoms. The van der Waals surface area contributed by atoms with E-state index >= 15 is 0 Å². The summed E-state index contributed by atoms with van der Waals surface area (Å²) < 4.78 is 13.6. The molecule has 0 aliphatic heterocycles. The molecule has 2 rings (SSSR count). The highest BCUT2D eigenvalue weighted by atomic mass is 19.1. The zero-order valence-electron chi connectivity index (χ0n) is 10.6. The van der Waals surface area contributed by atoms with E-state index in [1.165, 1.54) is 6.07 Å². The van der Waals surface area contributed by atoms with Gasteiger partial charge in [0.15, 0.2) is 0 Å². The van der Waals surface area contributed by atoms with E-state index in [0.717, 1.165) is 5.56 Å². The fraction of sp³-hybridized carbons (Fsp3) is 0.267. The summed E-state index contributed by atoms with van der Waals surface area (Å²) in [5.41, 5.74) is 1.84. The number of rotatable bonds is 4. The van der Waals surface area contributed by atoms with E-state index in [1.807, 2.05) is 31.2 Å². The Hall–Kier alpha value is -1.74. The van der Waals surface area contributed by atoms with Crippen molar-refractivity contribution < 1.29 is 4.39 Å². The molecular weight excluding hydrogens is 227 g/mol. The predicted molar refractivity (Wildman–Crippen MR) is 70.6 cm³/mol. The highest BCUT2D eigenvalue weighted by Gasteiger charge is 2.13. The van der Waals surface area contributed by atoms with Crippen molar-refractivity contribution in [3.05, 3.63) is 65.7 Å². The number of aromatic nitrogens is 1. The third kappa shape index (κ3) is 2.93. The SMILES string of the molecule is CC(N[C@H](C)c1ccncc1)c1ccccc1F. The molecule has 1 N–H and O–H groups in total. The maximum atomic E-state index is 13.6. The minimum Gasteiger partial charge on any atom is -0.304 e. The molecule has 0 saturated carbocycles. The summed E-state index contributed by atoms with van der Waals surface area (Å²) in [7, 11) is 0. The molecular formula is C15H17FN2. The second-order valence-corrected chi connectivity index (χ2v) is 4.41. The van der Waals surface area contributed by atoms with Crippen LogP contribution in [0.1, 0.15) is 37.1 Å². The first kappa shape index (κ1) is 12.7. The predicted octanol–water partition coefficient (Wildman–Crippen LogP) is 3.63. The molecule has 2 atom stereocenters. The van der Waals surface area contributed by atoms with E-state index < -0.39 is 0 Å². The van der Waals surface area contributed by atoms with E-state index in [9.17, 15) is 4.39 Å². The molecule has 1 aromatic heterocycles. The van der Waals surface area contributed by atoms with Crippen LogP contribution in [0, 0.1) is 5.82 Å². The molecule has 0 radical (unpaired) electrons. The van der Waals surface area contributed by atoms with Crippen LogP contribution in [0.5, 0.6) is 0 Å². The molecule has 0 saturated heterocycles. The van der Waals surface area contributed by atoms with Crippen LogP contribution in [0.3, 0.4) is 0 Å². The second kappa shape index (κ2) is 5.74. The molecule has 0 bridgehead atoms. The van der Waals surface area contributed by atoms with Crippen LogP contribution >= 0.6 is 0 Å². The topological polar surface area (TPSA) is 24.9 Å². The smallest absolute Gasteiger partial charge is 0.127 e. The van der Waals surface area contributed by atoms with Gasteiger partial charge in [-0.3, -0.25) is 4.98 Å². The van der Waals surface area contributed by atoms with E-state index in [4.69, 9.17) is 0 Å². The van der Waals surface area contributed by atoms with Gasteiger partial charge >= 0.3 is 0 Å². The number of halogens is 1. The van der Waals surface area contributed by atoms with Crippen molar-refractivity contribution in [2.24, 2.45) is 0 Å². The largest absolute Gasteiger partial charge is 0.304 e. The number of pyridine rings is 1. The number of benzene rings is 1. The highest BCUT2D eigenvalue weighted by Crippen LogP contribution is 2.20. The summed E-state index contributed by atoms with van der Waals surface area (Å²) >= 11 is 0. The molecule has 1 unspecified atom stereocenters. The molecule has 0 aliphatic rings. The van der Waals surface area contributed by atoms with Gasteiger partial charge in [0.25, 0.3) is 0 Å². The summed E-state index contributed by atoms with van der Waals surface area (Å²) in [6, 6.07) is 10.9. The average Bonchev–Trinajstić information content (AvgIpc) is 2.40. The lowest BCUT2D eigenvalue weighted by atomic mass is 10.0. The molecule has 0 fully saturated rings. The number of hydrogen-bond acceptors (Lipinski definition) is 2. The summed E-state index contributed by atoms with van der Waals surface area (Å²) in [5, 5.41) is 3.39. The first-order chi connectivity index (χ1) is 8.68. The first-order valence-corrected chi connectivity index (χ1v) is 6.09. The van der Waals surface area contributed by atoms with Crippen LogP contribution in [0.15, 0.2) is 48.8 Å². The Bertz CT molecular complexity index is 499. The normalized spacial score (nSPS) is 14.2. The standard InChI is InChI=1S/C15H17FN2/c1-11(13-7-9-17-10-8-13)18-12(2)14-5-3-4-6-15(14)16/h3-12,18H,1-2H3/t11-,12?/m1/s1. The number of nitrogens with zero attached hydrogens (tertiary/aromatic N) is 1. The third-order valence-electron chi connectivity index (χ3n) is 3.08. The van der Waals surface area contributed by atoms with Crippen molar-refractivity contribution in [1.82, 2.24) is 10.3 Å². The average molecular weight is 244 g/mol. The van der Waals surface area contributed by atoms with Crippen LogP contribution in [0.25, 0.3) is 0 Å². The van der Waals surface area contributed by atoms with E-state index in [-0.39, 0.29) is 17.9 Å². The Labute approximate surface area is 107 Å². The summed E-state index contributed by atoms with van der Waals surface area (Å²) in [4.78, 5) is 3.99. The fourth-order valence-corrected chi connectivity index (χ4v) is 2.04. The Morgan fingerprint density at radius 3 is 2.33 bits per heavy atom. The van der Waals surface area contributed by atoms with Gasteiger partial charge in [-0.25, -0.2) is 4.39 Å².